The third-order valence-electron chi connectivity index (χ3n) is 3.60. The number of hydrogen-bond donors (Lipinski definition) is 1. The van der Waals surface area contributed by atoms with Crippen LogP contribution in [0.15, 0.2) is 48.5 Å². The molecule has 0 fully saturated rings. The van der Waals surface area contributed by atoms with Crippen LogP contribution in [0.3, 0.4) is 0 Å². The van der Waals surface area contributed by atoms with Gasteiger partial charge in [0.05, 0.1) is 11.3 Å². The summed E-state index contributed by atoms with van der Waals surface area (Å²) < 4.78 is 39.7. The highest BCUT2D eigenvalue weighted by atomic mass is 32.2. The van der Waals surface area contributed by atoms with Crippen molar-refractivity contribution in [3.05, 3.63) is 71.0 Å². The molecule has 0 saturated heterocycles. The number of halogens is 1. The Labute approximate surface area is 134 Å². The van der Waals surface area contributed by atoms with E-state index in [1.165, 1.54) is 24.3 Å². The molecule has 0 spiro atoms. The van der Waals surface area contributed by atoms with Crippen molar-refractivity contribution >= 4 is 27.8 Å². The summed E-state index contributed by atoms with van der Waals surface area (Å²) in [5.41, 5.74) is 3.17. The van der Waals surface area contributed by atoms with Crippen LogP contribution in [0.5, 0.6) is 0 Å². The number of hydrogen-bond acceptors (Lipinski definition) is 4. The van der Waals surface area contributed by atoms with Gasteiger partial charge in [0, 0.05) is 5.57 Å². The fraction of sp³-hybridized carbons (Fsp3) is 0.118. The Kier molecular flexibility index (Phi) is 4.25. The van der Waals surface area contributed by atoms with Crippen molar-refractivity contribution in [2.45, 2.75) is 5.75 Å². The normalized spacial score (nSPS) is 14.4. The summed E-state index contributed by atoms with van der Waals surface area (Å²) in [5.74, 6) is -0.841. The summed E-state index contributed by atoms with van der Waals surface area (Å²) >= 11 is 0. The second-order valence-electron chi connectivity index (χ2n) is 5.12. The Morgan fingerprint density at radius 3 is 2.17 bits per heavy atom. The number of cyclic esters (lactones) is 1. The van der Waals surface area contributed by atoms with Gasteiger partial charge in [-0.2, -0.15) is 0 Å². The second kappa shape index (κ2) is 6.34. The monoisotopic (exact) mass is 332 g/mol. The first-order chi connectivity index (χ1) is 11.0. The maximum Gasteiger partial charge on any atom is 0.339 e. The zero-order valence-electron chi connectivity index (χ0n) is 12.0. The highest BCUT2D eigenvalue weighted by Crippen LogP contribution is 2.33. The van der Waals surface area contributed by atoms with E-state index in [-0.39, 0.29) is 18.2 Å². The summed E-state index contributed by atoms with van der Waals surface area (Å²) in [6.07, 6.45) is 0. The van der Waals surface area contributed by atoms with Gasteiger partial charge in [-0.25, -0.2) is 17.6 Å². The molecule has 0 bridgehead atoms. The summed E-state index contributed by atoms with van der Waals surface area (Å²) in [6.45, 7) is 0.140. The van der Waals surface area contributed by atoms with Crippen LogP contribution in [0.25, 0.3) is 11.1 Å². The summed E-state index contributed by atoms with van der Waals surface area (Å²) in [6, 6.07) is 12.6. The van der Waals surface area contributed by atoms with Crippen molar-refractivity contribution in [2.24, 2.45) is 0 Å². The Morgan fingerprint density at radius 1 is 0.957 bits per heavy atom. The molecule has 3 rings (SSSR count). The van der Waals surface area contributed by atoms with Gasteiger partial charge in [0.15, 0.2) is 0 Å². The van der Waals surface area contributed by atoms with E-state index in [9.17, 15) is 17.6 Å². The zero-order valence-corrected chi connectivity index (χ0v) is 12.9. The van der Waals surface area contributed by atoms with Gasteiger partial charge in [-0.1, -0.05) is 36.4 Å². The van der Waals surface area contributed by atoms with E-state index in [2.05, 4.69) is 0 Å². The largest absolute Gasteiger partial charge is 0.457 e. The van der Waals surface area contributed by atoms with E-state index in [4.69, 9.17) is 4.74 Å². The van der Waals surface area contributed by atoms with Gasteiger partial charge in [0.25, 0.3) is 0 Å². The van der Waals surface area contributed by atoms with E-state index >= 15 is 0 Å². The Bertz CT molecular complexity index is 841. The Balaban J connectivity index is 2.01. The molecule has 0 N–H and O–H groups in total. The van der Waals surface area contributed by atoms with Crippen molar-refractivity contribution in [3.63, 3.8) is 0 Å². The molecule has 2 aromatic rings. The molecule has 0 saturated carbocycles. The van der Waals surface area contributed by atoms with E-state index in [0.29, 0.717) is 22.3 Å². The smallest absolute Gasteiger partial charge is 0.339 e. The average Bonchev–Trinajstić information content (AvgIpc) is 2.90. The molecule has 4 nitrogen and oxygen atoms in total. The predicted molar refractivity (Wildman–Crippen MR) is 84.6 cm³/mol. The molecule has 0 aromatic heterocycles. The fourth-order valence-electron chi connectivity index (χ4n) is 2.50. The van der Waals surface area contributed by atoms with Crippen LogP contribution < -0.4 is 0 Å². The van der Waals surface area contributed by atoms with Crippen LogP contribution in [0.4, 0.5) is 4.39 Å². The maximum atomic E-state index is 13.1. The number of carbonyl (C=O) groups is 1. The molecule has 1 aliphatic heterocycles. The average molecular weight is 332 g/mol. The number of thiol groups is 1. The Morgan fingerprint density at radius 2 is 1.57 bits per heavy atom. The SMILES string of the molecule is O=C1OCC(c2ccc(C[SH](=O)=O)cc2)=C1c1ccc(F)cc1. The first-order valence-corrected chi connectivity index (χ1v) is 8.28. The van der Waals surface area contributed by atoms with Crippen LogP contribution >= 0.6 is 0 Å². The zero-order chi connectivity index (χ0) is 16.4. The van der Waals surface area contributed by atoms with E-state index in [1.807, 2.05) is 0 Å². The standard InChI is InChI=1S/C17H13FO4S/c18-14-7-5-13(6-8-14)16-15(9-22-17(16)19)12-3-1-11(2-4-12)10-23(20)21/h1-8,23H,9-10H2. The van der Waals surface area contributed by atoms with E-state index < -0.39 is 16.7 Å². The highest BCUT2D eigenvalue weighted by Gasteiger charge is 2.27. The lowest BCUT2D eigenvalue weighted by Crippen LogP contribution is -1.98. The molecule has 118 valence electrons. The minimum absolute atomic E-state index is 0.0189. The molecule has 0 aliphatic carbocycles. The van der Waals surface area contributed by atoms with Gasteiger partial charge in [-0.15, -0.1) is 0 Å². The molecule has 6 heteroatoms. The van der Waals surface area contributed by atoms with Gasteiger partial charge in [0.1, 0.15) is 23.1 Å². The van der Waals surface area contributed by atoms with Crippen LogP contribution in [0.2, 0.25) is 0 Å². The Hall–Kier alpha value is -2.47. The molecule has 1 heterocycles. The van der Waals surface area contributed by atoms with Crippen molar-refractivity contribution in [2.75, 3.05) is 6.61 Å². The minimum Gasteiger partial charge on any atom is -0.457 e. The molecule has 2 aromatic carbocycles. The van der Waals surface area contributed by atoms with Crippen LogP contribution in [0, 0.1) is 5.82 Å². The van der Waals surface area contributed by atoms with Crippen molar-refractivity contribution in [3.8, 4) is 0 Å². The number of rotatable bonds is 4. The third-order valence-corrected chi connectivity index (χ3v) is 4.22. The molecule has 0 radical (unpaired) electrons. The summed E-state index contributed by atoms with van der Waals surface area (Å²) in [7, 11) is -2.48. The first kappa shape index (κ1) is 15.4. The fourth-order valence-corrected chi connectivity index (χ4v) is 3.01. The van der Waals surface area contributed by atoms with Crippen molar-refractivity contribution < 1.29 is 22.3 Å². The van der Waals surface area contributed by atoms with Gasteiger partial charge in [-0.3, -0.25) is 0 Å². The topological polar surface area (TPSA) is 60.4 Å². The molecule has 23 heavy (non-hydrogen) atoms. The second-order valence-corrected chi connectivity index (χ2v) is 6.11. The van der Waals surface area contributed by atoms with Crippen LogP contribution in [-0.4, -0.2) is 21.0 Å². The third kappa shape index (κ3) is 3.32. The molecule has 0 amide bonds. The first-order valence-electron chi connectivity index (χ1n) is 6.92. The minimum atomic E-state index is -2.48. The van der Waals surface area contributed by atoms with Crippen LogP contribution in [0.1, 0.15) is 16.7 Å². The lowest BCUT2D eigenvalue weighted by Gasteiger charge is -2.05. The quantitative estimate of drug-likeness (QED) is 0.690. The lowest BCUT2D eigenvalue weighted by molar-refractivity contribution is -0.133. The van der Waals surface area contributed by atoms with Gasteiger partial charge < -0.3 is 4.74 Å². The summed E-state index contributed by atoms with van der Waals surface area (Å²) in [4.78, 5) is 12.0. The maximum absolute atomic E-state index is 13.1. The number of esters is 1. The lowest BCUT2D eigenvalue weighted by atomic mass is 9.96. The molecule has 1 aliphatic rings. The van der Waals surface area contributed by atoms with Gasteiger partial charge in [-0.05, 0) is 28.8 Å². The van der Waals surface area contributed by atoms with Crippen LogP contribution in [-0.2, 0) is 26.0 Å². The number of carbonyl (C=O) groups excluding carboxylic acids is 1. The van der Waals surface area contributed by atoms with E-state index in [0.717, 1.165) is 5.56 Å². The van der Waals surface area contributed by atoms with E-state index in [1.54, 1.807) is 24.3 Å². The van der Waals surface area contributed by atoms with Gasteiger partial charge in [0.2, 0.25) is 0 Å². The molecule has 0 unspecified atom stereocenters. The molecular weight excluding hydrogens is 319 g/mol. The summed E-state index contributed by atoms with van der Waals surface area (Å²) in [5, 5.41) is 0. The molecular formula is C17H13FO4S. The van der Waals surface area contributed by atoms with Crippen molar-refractivity contribution in [1.29, 1.82) is 0 Å². The van der Waals surface area contributed by atoms with Gasteiger partial charge >= 0.3 is 5.97 Å². The predicted octanol–water partition coefficient (Wildman–Crippen LogP) is 2.40. The number of benzene rings is 2. The molecule has 0 atom stereocenters. The highest BCUT2D eigenvalue weighted by molar-refractivity contribution is 7.71. The number of ether oxygens (including phenoxy) is 1. The van der Waals surface area contributed by atoms with Crippen molar-refractivity contribution in [1.82, 2.24) is 0 Å².